The Balaban J connectivity index is 0.000000316. The topological polar surface area (TPSA) is 35.5 Å². The van der Waals surface area contributed by atoms with Gasteiger partial charge in [-0.1, -0.05) is 34.8 Å². The molecule has 1 fully saturated rings. The average molecular weight is 420 g/mol. The number of halogens is 3. The zero-order valence-corrected chi connectivity index (χ0v) is 17.2. The number of benzene rings is 2. The van der Waals surface area contributed by atoms with Gasteiger partial charge in [0.15, 0.2) is 0 Å². The van der Waals surface area contributed by atoms with E-state index < -0.39 is 0 Å². The van der Waals surface area contributed by atoms with Crippen molar-refractivity contribution in [2.45, 2.75) is 24.7 Å². The summed E-state index contributed by atoms with van der Waals surface area (Å²) < 4.78 is 3.10. The summed E-state index contributed by atoms with van der Waals surface area (Å²) >= 11 is 19.2. The van der Waals surface area contributed by atoms with Gasteiger partial charge in [0.1, 0.15) is 5.75 Å². The Kier molecular flexibility index (Phi) is 8.04. The van der Waals surface area contributed by atoms with Crippen molar-refractivity contribution in [3.05, 3.63) is 51.0 Å². The van der Waals surface area contributed by atoms with Crippen LogP contribution in [0, 0.1) is 6.92 Å². The molecular formula is C18H21Cl3N2OS. The third kappa shape index (κ3) is 6.46. The molecule has 2 aromatic rings. The Labute approximate surface area is 168 Å². The maximum Gasteiger partial charge on any atom is 0.136 e. The third-order valence-corrected chi connectivity index (χ3v) is 5.77. The number of aromatic hydroxyl groups is 1. The highest BCUT2D eigenvalue weighted by Crippen LogP contribution is 2.35. The van der Waals surface area contributed by atoms with Crippen LogP contribution >= 0.6 is 46.8 Å². The zero-order chi connectivity index (χ0) is 18.4. The molecule has 0 spiro atoms. The fourth-order valence-corrected chi connectivity index (χ4v) is 3.93. The smallest absolute Gasteiger partial charge is 0.136 e. The van der Waals surface area contributed by atoms with Gasteiger partial charge < -0.3 is 14.7 Å². The highest BCUT2D eigenvalue weighted by atomic mass is 35.5. The maximum atomic E-state index is 9.52. The molecule has 0 atom stereocenters. The second-order valence-corrected chi connectivity index (χ2v) is 7.98. The highest BCUT2D eigenvalue weighted by Gasteiger charge is 2.08. The molecule has 0 bridgehead atoms. The number of hydrogen-bond acceptors (Lipinski definition) is 4. The number of phenols is 1. The van der Waals surface area contributed by atoms with Gasteiger partial charge in [0, 0.05) is 16.8 Å². The van der Waals surface area contributed by atoms with Crippen LogP contribution in [0.3, 0.4) is 0 Å². The predicted molar refractivity (Wildman–Crippen MR) is 111 cm³/mol. The van der Waals surface area contributed by atoms with E-state index in [1.807, 2.05) is 13.0 Å². The maximum absolute atomic E-state index is 9.52. The van der Waals surface area contributed by atoms with Crippen molar-refractivity contribution >= 4 is 52.4 Å². The van der Waals surface area contributed by atoms with E-state index in [9.17, 15) is 5.11 Å². The lowest BCUT2D eigenvalue weighted by Crippen LogP contribution is -2.10. The Morgan fingerprint density at radius 3 is 2.24 bits per heavy atom. The van der Waals surface area contributed by atoms with Crippen molar-refractivity contribution in [2.75, 3.05) is 24.9 Å². The minimum atomic E-state index is 0.0335. The molecule has 0 aromatic heterocycles. The first-order chi connectivity index (χ1) is 11.9. The molecule has 1 saturated heterocycles. The lowest BCUT2D eigenvalue weighted by atomic mass is 10.2. The normalized spacial score (nSPS) is 14.1. The summed E-state index contributed by atoms with van der Waals surface area (Å²) in [6, 6.07) is 8.48. The molecule has 0 saturated carbocycles. The molecule has 0 amide bonds. The fraction of sp³-hybridized carbons (Fsp3) is 0.333. The molecule has 1 heterocycles. The Morgan fingerprint density at radius 2 is 1.72 bits per heavy atom. The number of nitrogens with zero attached hydrogens (tertiary/aromatic N) is 1. The van der Waals surface area contributed by atoms with E-state index in [-0.39, 0.29) is 5.75 Å². The summed E-state index contributed by atoms with van der Waals surface area (Å²) in [5, 5.41) is 11.0. The van der Waals surface area contributed by atoms with E-state index in [1.165, 1.54) is 37.9 Å². The minimum Gasteiger partial charge on any atom is -0.506 e. The van der Waals surface area contributed by atoms with Crippen LogP contribution in [0.1, 0.15) is 18.4 Å². The van der Waals surface area contributed by atoms with Gasteiger partial charge in [-0.15, -0.1) is 0 Å². The molecule has 3 rings (SSSR count). The van der Waals surface area contributed by atoms with Crippen LogP contribution < -0.4 is 4.72 Å². The average Bonchev–Trinajstić information content (AvgIpc) is 3.01. The molecule has 1 aliphatic heterocycles. The van der Waals surface area contributed by atoms with Crippen molar-refractivity contribution in [3.63, 3.8) is 0 Å². The number of phenolic OH excluding ortho intramolecular Hbond substituents is 1. The first-order valence-corrected chi connectivity index (χ1v) is 9.87. The summed E-state index contributed by atoms with van der Waals surface area (Å²) in [5.41, 5.74) is 1.71. The third-order valence-electron chi connectivity index (χ3n) is 3.74. The van der Waals surface area contributed by atoms with E-state index in [4.69, 9.17) is 34.8 Å². The standard InChI is InChI=1S/C13H10Cl3NOS.C5H11N/c1-7-4-8(14)5-11(16)13(7)19-17-9-2-3-10(15)12(18)6-9;1-6-4-2-3-5-6/h2-6,17-18H,1H3;2-5H2,1H3. The molecule has 2 aromatic carbocycles. The van der Waals surface area contributed by atoms with Crippen LogP contribution in [0.15, 0.2) is 35.2 Å². The van der Waals surface area contributed by atoms with E-state index in [0.717, 1.165) is 16.1 Å². The monoisotopic (exact) mass is 418 g/mol. The number of nitrogens with one attached hydrogen (secondary N) is 1. The van der Waals surface area contributed by atoms with Crippen LogP contribution in [-0.2, 0) is 0 Å². The predicted octanol–water partition coefficient (Wildman–Crippen LogP) is 6.49. The molecule has 7 heteroatoms. The van der Waals surface area contributed by atoms with Crippen molar-refractivity contribution in [2.24, 2.45) is 0 Å². The summed E-state index contributed by atoms with van der Waals surface area (Å²) in [5.74, 6) is 0.0335. The minimum absolute atomic E-state index is 0.0335. The van der Waals surface area contributed by atoms with Gasteiger partial charge in [0.05, 0.1) is 14.9 Å². The second-order valence-electron chi connectivity index (χ2n) is 5.91. The summed E-state index contributed by atoms with van der Waals surface area (Å²) in [6.07, 6.45) is 2.83. The number of likely N-dealkylation sites (tertiary alicyclic amines) is 1. The quantitative estimate of drug-likeness (QED) is 0.557. The number of rotatable bonds is 3. The summed E-state index contributed by atoms with van der Waals surface area (Å²) in [7, 11) is 2.17. The van der Waals surface area contributed by atoms with Gasteiger partial charge in [-0.2, -0.15) is 0 Å². The van der Waals surface area contributed by atoms with Crippen molar-refractivity contribution in [1.29, 1.82) is 0 Å². The first kappa shape index (κ1) is 20.5. The van der Waals surface area contributed by atoms with Gasteiger partial charge in [-0.25, -0.2) is 0 Å². The van der Waals surface area contributed by atoms with Crippen LogP contribution in [0.4, 0.5) is 5.69 Å². The van der Waals surface area contributed by atoms with E-state index >= 15 is 0 Å². The molecule has 136 valence electrons. The van der Waals surface area contributed by atoms with Gasteiger partial charge >= 0.3 is 0 Å². The zero-order valence-electron chi connectivity index (χ0n) is 14.2. The van der Waals surface area contributed by atoms with Crippen molar-refractivity contribution in [3.8, 4) is 5.75 Å². The fourth-order valence-electron chi connectivity index (χ4n) is 2.38. The van der Waals surface area contributed by atoms with Crippen molar-refractivity contribution < 1.29 is 5.11 Å². The van der Waals surface area contributed by atoms with Gasteiger partial charge in [-0.05, 0) is 81.7 Å². The lowest BCUT2D eigenvalue weighted by Gasteiger charge is -2.10. The molecule has 1 aliphatic rings. The number of aryl methyl sites for hydroxylation is 1. The lowest BCUT2D eigenvalue weighted by molar-refractivity contribution is 0.418. The molecule has 2 N–H and O–H groups in total. The molecular weight excluding hydrogens is 399 g/mol. The molecule has 25 heavy (non-hydrogen) atoms. The molecule has 0 aliphatic carbocycles. The van der Waals surface area contributed by atoms with Gasteiger partial charge in [-0.3, -0.25) is 0 Å². The molecule has 0 unspecified atom stereocenters. The Morgan fingerprint density at radius 1 is 1.04 bits per heavy atom. The summed E-state index contributed by atoms with van der Waals surface area (Å²) in [4.78, 5) is 3.25. The Hall–Kier alpha value is -0.780. The van der Waals surface area contributed by atoms with Crippen LogP contribution in [0.25, 0.3) is 0 Å². The van der Waals surface area contributed by atoms with Gasteiger partial charge in [0.25, 0.3) is 0 Å². The van der Waals surface area contributed by atoms with E-state index in [2.05, 4.69) is 16.7 Å². The van der Waals surface area contributed by atoms with Crippen LogP contribution in [0.5, 0.6) is 5.75 Å². The van der Waals surface area contributed by atoms with Gasteiger partial charge in [0.2, 0.25) is 0 Å². The number of anilines is 1. The molecule has 3 nitrogen and oxygen atoms in total. The van der Waals surface area contributed by atoms with Crippen LogP contribution in [0.2, 0.25) is 15.1 Å². The van der Waals surface area contributed by atoms with Crippen molar-refractivity contribution in [1.82, 2.24) is 4.90 Å². The highest BCUT2D eigenvalue weighted by molar-refractivity contribution is 8.00. The second kappa shape index (κ2) is 9.79. The largest absolute Gasteiger partial charge is 0.506 e. The Bertz CT molecular complexity index is 698. The SMILES string of the molecule is CN1CCCC1.Cc1cc(Cl)cc(Cl)c1SNc1ccc(Cl)c(O)c1. The van der Waals surface area contributed by atoms with Crippen LogP contribution in [-0.4, -0.2) is 30.1 Å². The van der Waals surface area contributed by atoms with E-state index in [1.54, 1.807) is 24.3 Å². The molecule has 0 radical (unpaired) electrons. The first-order valence-electron chi connectivity index (χ1n) is 7.92. The number of hydrogen-bond donors (Lipinski definition) is 2. The van der Waals surface area contributed by atoms with E-state index in [0.29, 0.717) is 15.1 Å². The summed E-state index contributed by atoms with van der Waals surface area (Å²) in [6.45, 7) is 4.57.